The quantitative estimate of drug-likeness (QED) is 0.406. The molecule has 1 amide bonds. The van der Waals surface area contributed by atoms with Gasteiger partial charge < -0.3 is 15.8 Å². The Hall–Kier alpha value is -3.72. The van der Waals surface area contributed by atoms with Gasteiger partial charge in [-0.15, -0.1) is 11.3 Å². The number of carbonyl (C=O) groups is 1. The number of nitrogen functional groups attached to an aromatic ring is 1. The number of ether oxygens (including phenoxy) is 1. The van der Waals surface area contributed by atoms with Crippen molar-refractivity contribution < 1.29 is 14.5 Å². The van der Waals surface area contributed by atoms with Crippen molar-refractivity contribution in [1.29, 1.82) is 0 Å². The van der Waals surface area contributed by atoms with Crippen LogP contribution in [0.3, 0.4) is 0 Å². The molecule has 2 heterocycles. The Morgan fingerprint density at radius 3 is 2.67 bits per heavy atom. The molecule has 0 saturated carbocycles. The van der Waals surface area contributed by atoms with Gasteiger partial charge in [-0.2, -0.15) is 0 Å². The fraction of sp³-hybridized carbons (Fsp3) is 0. The van der Waals surface area contributed by atoms with Crippen molar-refractivity contribution in [2.45, 2.75) is 0 Å². The van der Waals surface area contributed by atoms with Gasteiger partial charge in [-0.1, -0.05) is 0 Å². The number of nitrogens with one attached hydrogen (secondary N) is 1. The van der Waals surface area contributed by atoms with Gasteiger partial charge in [0.25, 0.3) is 11.6 Å². The Bertz CT molecular complexity index is 1090. The summed E-state index contributed by atoms with van der Waals surface area (Å²) in [7, 11) is 0. The van der Waals surface area contributed by atoms with E-state index in [0.29, 0.717) is 22.1 Å². The van der Waals surface area contributed by atoms with Crippen LogP contribution in [-0.2, 0) is 4.79 Å². The first-order chi connectivity index (χ1) is 13.0. The van der Waals surface area contributed by atoms with Gasteiger partial charge in [0.15, 0.2) is 16.6 Å². The van der Waals surface area contributed by atoms with E-state index >= 15 is 0 Å². The lowest BCUT2D eigenvalue weighted by atomic mass is 10.1. The van der Waals surface area contributed by atoms with Gasteiger partial charge in [0.1, 0.15) is 0 Å². The number of nitrogens with zero attached hydrogens (tertiary/aromatic N) is 2. The third-order valence-corrected chi connectivity index (χ3v) is 4.56. The largest absolute Gasteiger partial charge is 0.449 e. The van der Waals surface area contributed by atoms with E-state index in [2.05, 4.69) is 10.3 Å². The zero-order valence-corrected chi connectivity index (χ0v) is 14.5. The fourth-order valence-electron chi connectivity index (χ4n) is 2.58. The number of amides is 1. The first-order valence-corrected chi connectivity index (χ1v) is 8.68. The molecule has 134 valence electrons. The Morgan fingerprint density at radius 2 is 2.00 bits per heavy atom. The molecule has 0 aliphatic carbocycles. The van der Waals surface area contributed by atoms with E-state index in [-0.39, 0.29) is 11.4 Å². The summed E-state index contributed by atoms with van der Waals surface area (Å²) in [5, 5.41) is 15.8. The number of nitrogens with two attached hydrogens (primary N) is 1. The predicted octanol–water partition coefficient (Wildman–Crippen LogP) is 3.67. The number of non-ortho nitro benzene ring substituents is 1. The summed E-state index contributed by atoms with van der Waals surface area (Å²) in [5.74, 6) is 0.188. The van der Waals surface area contributed by atoms with Gasteiger partial charge >= 0.3 is 0 Å². The lowest BCUT2D eigenvalue weighted by molar-refractivity contribution is -0.384. The smallest absolute Gasteiger partial charge is 0.291 e. The Morgan fingerprint density at radius 1 is 1.22 bits per heavy atom. The SMILES string of the molecule is Nc1nc(-c2ccc3c(c2)NC(=O)/C(=C\c2ccc([N+](=O)[O-])cc2)O3)cs1. The molecule has 4 rings (SSSR count). The van der Waals surface area contributed by atoms with Crippen molar-refractivity contribution in [2.75, 3.05) is 11.1 Å². The molecule has 27 heavy (non-hydrogen) atoms. The second-order valence-corrected chi connectivity index (χ2v) is 6.59. The van der Waals surface area contributed by atoms with Gasteiger partial charge in [0.05, 0.1) is 16.3 Å². The number of fused-ring (bicyclic) bond motifs is 1. The number of nitro groups is 1. The molecule has 8 nitrogen and oxygen atoms in total. The van der Waals surface area contributed by atoms with E-state index < -0.39 is 10.8 Å². The normalized spacial score (nSPS) is 14.4. The molecule has 3 N–H and O–H groups in total. The highest BCUT2D eigenvalue weighted by atomic mass is 32.1. The first kappa shape index (κ1) is 16.7. The van der Waals surface area contributed by atoms with Gasteiger partial charge in [-0.25, -0.2) is 4.98 Å². The van der Waals surface area contributed by atoms with Crippen LogP contribution in [0.4, 0.5) is 16.5 Å². The maximum absolute atomic E-state index is 12.3. The van der Waals surface area contributed by atoms with E-state index in [1.165, 1.54) is 29.5 Å². The summed E-state index contributed by atoms with van der Waals surface area (Å²) < 4.78 is 5.69. The molecule has 0 saturated heterocycles. The van der Waals surface area contributed by atoms with Crippen molar-refractivity contribution in [2.24, 2.45) is 0 Å². The molecule has 2 aromatic carbocycles. The Balaban J connectivity index is 1.61. The van der Waals surface area contributed by atoms with Crippen LogP contribution in [-0.4, -0.2) is 15.8 Å². The monoisotopic (exact) mass is 380 g/mol. The van der Waals surface area contributed by atoms with E-state index in [9.17, 15) is 14.9 Å². The van der Waals surface area contributed by atoms with Gasteiger partial charge in [0, 0.05) is 23.1 Å². The van der Waals surface area contributed by atoms with Gasteiger partial charge in [-0.05, 0) is 42.0 Å². The van der Waals surface area contributed by atoms with Crippen molar-refractivity contribution in [1.82, 2.24) is 4.98 Å². The lowest BCUT2D eigenvalue weighted by Crippen LogP contribution is -2.23. The minimum Gasteiger partial charge on any atom is -0.449 e. The Labute approximate surface area is 157 Å². The van der Waals surface area contributed by atoms with E-state index in [1.807, 2.05) is 11.4 Å². The second kappa shape index (κ2) is 6.54. The number of rotatable bonds is 3. The lowest BCUT2D eigenvalue weighted by Gasteiger charge is -2.20. The summed E-state index contributed by atoms with van der Waals surface area (Å²) in [6.07, 6.45) is 1.52. The Kier molecular flexibility index (Phi) is 4.05. The van der Waals surface area contributed by atoms with Crippen LogP contribution in [0.25, 0.3) is 17.3 Å². The molecule has 0 radical (unpaired) electrons. The third kappa shape index (κ3) is 3.35. The van der Waals surface area contributed by atoms with Crippen LogP contribution >= 0.6 is 11.3 Å². The second-order valence-electron chi connectivity index (χ2n) is 5.70. The standard InChI is InChI=1S/C18H12N4O4S/c19-18-21-14(9-27-18)11-3-6-15-13(8-11)20-17(23)16(26-15)7-10-1-4-12(5-2-10)22(24)25/h1-9H,(H2,19,21)(H,20,23)/b16-7+. The first-order valence-electron chi connectivity index (χ1n) is 7.80. The average molecular weight is 380 g/mol. The van der Waals surface area contributed by atoms with Crippen LogP contribution < -0.4 is 15.8 Å². The van der Waals surface area contributed by atoms with Crippen LogP contribution in [0.2, 0.25) is 0 Å². The summed E-state index contributed by atoms with van der Waals surface area (Å²) >= 11 is 1.34. The number of anilines is 2. The summed E-state index contributed by atoms with van der Waals surface area (Å²) in [6.45, 7) is 0. The van der Waals surface area contributed by atoms with Crippen LogP contribution in [0.5, 0.6) is 5.75 Å². The molecule has 0 atom stereocenters. The molecule has 0 fully saturated rings. The molecule has 0 bridgehead atoms. The third-order valence-electron chi connectivity index (χ3n) is 3.89. The summed E-state index contributed by atoms with van der Waals surface area (Å²) in [5.41, 5.74) is 8.32. The molecule has 1 aliphatic rings. The minimum absolute atomic E-state index is 0.0216. The zero-order valence-electron chi connectivity index (χ0n) is 13.7. The zero-order chi connectivity index (χ0) is 19.0. The molecule has 1 aliphatic heterocycles. The van der Waals surface area contributed by atoms with Gasteiger partial charge in [-0.3, -0.25) is 14.9 Å². The van der Waals surface area contributed by atoms with Crippen LogP contribution in [0, 0.1) is 10.1 Å². The number of carbonyl (C=O) groups excluding carboxylic acids is 1. The highest BCUT2D eigenvalue weighted by Crippen LogP contribution is 2.35. The fourth-order valence-corrected chi connectivity index (χ4v) is 3.16. The van der Waals surface area contributed by atoms with E-state index in [4.69, 9.17) is 10.5 Å². The molecule has 0 unspecified atom stereocenters. The van der Waals surface area contributed by atoms with Crippen molar-refractivity contribution in [3.8, 4) is 17.0 Å². The average Bonchev–Trinajstić information content (AvgIpc) is 3.09. The molecule has 0 spiro atoms. The summed E-state index contributed by atoms with van der Waals surface area (Å²) in [4.78, 5) is 26.8. The minimum atomic E-state index is -0.482. The van der Waals surface area contributed by atoms with E-state index in [1.54, 1.807) is 24.3 Å². The van der Waals surface area contributed by atoms with Crippen molar-refractivity contribution in [3.05, 3.63) is 69.3 Å². The number of thiazole rings is 1. The maximum Gasteiger partial charge on any atom is 0.291 e. The number of hydrogen-bond donors (Lipinski definition) is 2. The van der Waals surface area contributed by atoms with Crippen LogP contribution in [0.1, 0.15) is 5.56 Å². The maximum atomic E-state index is 12.3. The highest BCUT2D eigenvalue weighted by molar-refractivity contribution is 7.13. The number of benzene rings is 2. The summed E-state index contributed by atoms with van der Waals surface area (Å²) in [6, 6.07) is 11.2. The number of nitro benzene ring substituents is 1. The molecule has 9 heteroatoms. The highest BCUT2D eigenvalue weighted by Gasteiger charge is 2.23. The molecular weight excluding hydrogens is 368 g/mol. The van der Waals surface area contributed by atoms with E-state index in [0.717, 1.165) is 11.3 Å². The van der Waals surface area contributed by atoms with Crippen molar-refractivity contribution in [3.63, 3.8) is 0 Å². The number of hydrogen-bond acceptors (Lipinski definition) is 7. The van der Waals surface area contributed by atoms with Gasteiger partial charge in [0.2, 0.25) is 0 Å². The topological polar surface area (TPSA) is 120 Å². The molecule has 3 aromatic rings. The predicted molar refractivity (Wildman–Crippen MR) is 102 cm³/mol. The van der Waals surface area contributed by atoms with Crippen molar-refractivity contribution >= 4 is 39.8 Å². The molecule has 1 aromatic heterocycles. The van der Waals surface area contributed by atoms with Crippen LogP contribution in [0.15, 0.2) is 53.6 Å². The molecular formula is C18H12N4O4S. The number of aromatic nitrogens is 1.